The number of esters is 2. The van der Waals surface area contributed by atoms with Crippen molar-refractivity contribution in [1.82, 2.24) is 0 Å². The zero-order valence-electron chi connectivity index (χ0n) is 18.6. The Labute approximate surface area is 182 Å². The molecule has 0 bridgehead atoms. The maximum absolute atomic E-state index is 13.6. The maximum Gasteiger partial charge on any atom is 0.336 e. The van der Waals surface area contributed by atoms with Crippen molar-refractivity contribution in [3.8, 4) is 5.75 Å². The quantitative estimate of drug-likeness (QED) is 0.510. The number of hydrogen-bond donors (Lipinski definition) is 0. The molecule has 31 heavy (non-hydrogen) atoms. The van der Waals surface area contributed by atoms with Crippen LogP contribution in [-0.2, 0) is 23.9 Å². The molecular formula is C24H29NO6. The average Bonchev–Trinajstić information content (AvgIpc) is 2.76. The molecule has 7 nitrogen and oxygen atoms in total. The van der Waals surface area contributed by atoms with E-state index in [1.54, 1.807) is 20.1 Å². The number of methoxy groups -OCH3 is 2. The van der Waals surface area contributed by atoms with Crippen molar-refractivity contribution in [2.75, 3.05) is 20.8 Å². The van der Waals surface area contributed by atoms with Crippen LogP contribution in [-0.4, -0.2) is 44.3 Å². The molecule has 0 amide bonds. The molecule has 0 N–H and O–H groups in total. The molecule has 1 aliphatic carbocycles. The summed E-state index contributed by atoms with van der Waals surface area (Å²) in [6, 6.07) is 7.29. The first-order valence-corrected chi connectivity index (χ1v) is 10.5. The summed E-state index contributed by atoms with van der Waals surface area (Å²) in [4.78, 5) is 43.7. The third-order valence-electron chi connectivity index (χ3n) is 5.98. The second-order valence-corrected chi connectivity index (χ2v) is 8.05. The lowest BCUT2D eigenvalue weighted by Crippen LogP contribution is -2.48. The summed E-state index contributed by atoms with van der Waals surface area (Å²) in [5.74, 6) is -3.18. The number of nitrogens with zero attached hydrogens (tertiary/aromatic N) is 1. The van der Waals surface area contributed by atoms with Gasteiger partial charge in [0.05, 0.1) is 32.3 Å². The monoisotopic (exact) mass is 427 g/mol. The van der Waals surface area contributed by atoms with Gasteiger partial charge >= 0.3 is 11.9 Å². The van der Waals surface area contributed by atoms with Gasteiger partial charge in [-0.05, 0) is 43.4 Å². The first-order chi connectivity index (χ1) is 14.8. The van der Waals surface area contributed by atoms with E-state index in [-0.39, 0.29) is 18.3 Å². The molecule has 0 spiro atoms. The highest BCUT2D eigenvalue weighted by Crippen LogP contribution is 2.46. The van der Waals surface area contributed by atoms with Crippen LogP contribution >= 0.6 is 0 Å². The maximum atomic E-state index is 13.6. The predicted molar refractivity (Wildman–Crippen MR) is 115 cm³/mol. The minimum atomic E-state index is -0.895. The van der Waals surface area contributed by atoms with Crippen LogP contribution in [0.4, 0.5) is 0 Å². The van der Waals surface area contributed by atoms with Gasteiger partial charge in [-0.1, -0.05) is 26.0 Å². The standard InChI is InChI=1S/C24H29NO6/c1-6-10-31-24(28)19-14(3)25-17-11-13(2)18(23(27)30-5)22(26)21(17)20(19)15-8-7-9-16(12-15)29-4/h7-9,12-13,18,20-21H,6,10-11H2,1-5H3/t13-,18+,20+,21+/m1/s1. The van der Waals surface area contributed by atoms with Crippen molar-refractivity contribution in [2.45, 2.75) is 39.5 Å². The highest BCUT2D eigenvalue weighted by Gasteiger charge is 2.51. The van der Waals surface area contributed by atoms with Crippen LogP contribution < -0.4 is 4.74 Å². The molecule has 1 fully saturated rings. The van der Waals surface area contributed by atoms with E-state index in [1.807, 2.05) is 32.0 Å². The number of rotatable bonds is 6. The fourth-order valence-electron chi connectivity index (χ4n) is 4.57. The van der Waals surface area contributed by atoms with Crippen molar-refractivity contribution in [2.24, 2.45) is 22.7 Å². The van der Waals surface area contributed by atoms with Gasteiger partial charge in [-0.15, -0.1) is 0 Å². The molecule has 0 radical (unpaired) electrons. The van der Waals surface area contributed by atoms with Gasteiger partial charge in [-0.25, -0.2) is 4.79 Å². The third-order valence-corrected chi connectivity index (χ3v) is 5.98. The van der Waals surface area contributed by atoms with Gasteiger partial charge in [-0.3, -0.25) is 14.6 Å². The minimum Gasteiger partial charge on any atom is -0.497 e. The van der Waals surface area contributed by atoms with Crippen LogP contribution in [0.2, 0.25) is 0 Å². The first kappa shape index (κ1) is 22.7. The number of hydrogen-bond acceptors (Lipinski definition) is 7. The molecule has 1 aromatic rings. The van der Waals surface area contributed by atoms with Crippen LogP contribution in [0.5, 0.6) is 5.75 Å². The van der Waals surface area contributed by atoms with E-state index < -0.39 is 29.7 Å². The Bertz CT molecular complexity index is 947. The lowest BCUT2D eigenvalue weighted by atomic mass is 9.63. The number of carbonyl (C=O) groups excluding carboxylic acids is 3. The molecule has 1 heterocycles. The van der Waals surface area contributed by atoms with Gasteiger partial charge in [0.1, 0.15) is 11.7 Å². The fourth-order valence-corrected chi connectivity index (χ4v) is 4.57. The summed E-state index contributed by atoms with van der Waals surface area (Å²) >= 11 is 0. The van der Waals surface area contributed by atoms with Crippen molar-refractivity contribution in [1.29, 1.82) is 0 Å². The van der Waals surface area contributed by atoms with Crippen LogP contribution in [0.1, 0.15) is 45.1 Å². The van der Waals surface area contributed by atoms with Crippen LogP contribution in [0.15, 0.2) is 40.5 Å². The largest absolute Gasteiger partial charge is 0.497 e. The summed E-state index contributed by atoms with van der Waals surface area (Å²) in [5, 5.41) is 0. The topological polar surface area (TPSA) is 91.3 Å². The van der Waals surface area contributed by atoms with Crippen molar-refractivity contribution in [3.05, 3.63) is 41.1 Å². The summed E-state index contributed by atoms with van der Waals surface area (Å²) < 4.78 is 15.7. The molecule has 0 aromatic heterocycles. The summed E-state index contributed by atoms with van der Waals surface area (Å²) in [5.41, 5.74) is 2.32. The Kier molecular flexibility index (Phi) is 6.93. The van der Waals surface area contributed by atoms with E-state index in [2.05, 4.69) is 4.99 Å². The molecule has 4 atom stereocenters. The number of aliphatic imine (C=N–C) groups is 1. The number of fused-ring (bicyclic) bond motifs is 1. The molecule has 1 aromatic carbocycles. The number of ketones is 1. The van der Waals surface area contributed by atoms with Crippen LogP contribution in [0.3, 0.4) is 0 Å². The summed E-state index contributed by atoms with van der Waals surface area (Å²) in [6.45, 7) is 5.80. The van der Waals surface area contributed by atoms with Crippen molar-refractivity contribution in [3.63, 3.8) is 0 Å². The van der Waals surface area contributed by atoms with Gasteiger partial charge < -0.3 is 14.2 Å². The van der Waals surface area contributed by atoms with Gasteiger partial charge in [0, 0.05) is 17.3 Å². The predicted octanol–water partition coefficient (Wildman–Crippen LogP) is 3.47. The fraction of sp³-hybridized carbons (Fsp3) is 0.500. The van der Waals surface area contributed by atoms with E-state index in [4.69, 9.17) is 14.2 Å². The highest BCUT2D eigenvalue weighted by atomic mass is 16.5. The molecule has 0 unspecified atom stereocenters. The van der Waals surface area contributed by atoms with E-state index in [9.17, 15) is 14.4 Å². The van der Waals surface area contributed by atoms with Crippen LogP contribution in [0.25, 0.3) is 0 Å². The Balaban J connectivity index is 2.16. The molecule has 0 saturated heterocycles. The lowest BCUT2D eigenvalue weighted by Gasteiger charge is -2.40. The number of Topliss-reactive ketones (excluding diaryl/α,β-unsaturated/α-hetero) is 1. The Hall–Kier alpha value is -2.96. The van der Waals surface area contributed by atoms with Gasteiger partial charge in [-0.2, -0.15) is 0 Å². The normalized spacial score (nSPS) is 25.5. The van der Waals surface area contributed by atoms with Gasteiger partial charge in [0.25, 0.3) is 0 Å². The van der Waals surface area contributed by atoms with Gasteiger partial charge in [0.15, 0.2) is 5.78 Å². The molecule has 1 aliphatic heterocycles. The molecule has 7 heteroatoms. The molecule has 1 saturated carbocycles. The molecule has 3 rings (SSSR count). The number of allylic oxidation sites excluding steroid dienone is 1. The zero-order valence-corrected chi connectivity index (χ0v) is 18.6. The van der Waals surface area contributed by atoms with E-state index >= 15 is 0 Å². The second kappa shape index (κ2) is 9.45. The number of ether oxygens (including phenoxy) is 3. The highest BCUT2D eigenvalue weighted by molar-refractivity contribution is 6.17. The van der Waals surface area contributed by atoms with E-state index in [0.717, 1.165) is 5.56 Å². The van der Waals surface area contributed by atoms with E-state index in [1.165, 1.54) is 7.11 Å². The second-order valence-electron chi connectivity index (χ2n) is 8.05. The van der Waals surface area contributed by atoms with Crippen LogP contribution in [0, 0.1) is 17.8 Å². The third kappa shape index (κ3) is 4.27. The summed E-state index contributed by atoms with van der Waals surface area (Å²) in [7, 11) is 2.84. The molecular weight excluding hydrogens is 398 g/mol. The van der Waals surface area contributed by atoms with Crippen molar-refractivity contribution < 1.29 is 28.6 Å². The first-order valence-electron chi connectivity index (χ1n) is 10.5. The molecule has 166 valence electrons. The Morgan fingerprint density at radius 1 is 1.19 bits per heavy atom. The zero-order chi connectivity index (χ0) is 22.7. The van der Waals surface area contributed by atoms with E-state index in [0.29, 0.717) is 35.6 Å². The average molecular weight is 427 g/mol. The Morgan fingerprint density at radius 2 is 1.94 bits per heavy atom. The van der Waals surface area contributed by atoms with Gasteiger partial charge in [0.2, 0.25) is 0 Å². The number of benzene rings is 1. The molecule has 2 aliphatic rings. The smallest absolute Gasteiger partial charge is 0.336 e. The summed E-state index contributed by atoms with van der Waals surface area (Å²) in [6.07, 6.45) is 1.16. The minimum absolute atomic E-state index is 0.234. The SMILES string of the molecule is CCCOC(=O)C1=C(C)N=C2C[C@@H](C)[C@H](C(=O)OC)C(=O)[C@@H]2[C@H]1c1cccc(OC)c1. The number of carbonyl (C=O) groups is 3. The Morgan fingerprint density at radius 3 is 2.58 bits per heavy atom. The lowest BCUT2D eigenvalue weighted by molar-refractivity contribution is -0.152. The van der Waals surface area contributed by atoms with Crippen molar-refractivity contribution >= 4 is 23.4 Å².